The van der Waals surface area contributed by atoms with Crippen LogP contribution >= 0.6 is 0 Å². The number of amides is 2. The van der Waals surface area contributed by atoms with E-state index in [1.807, 2.05) is 11.9 Å². The number of likely N-dealkylation sites (N-methyl/N-ethyl adjacent to an activating group) is 1. The van der Waals surface area contributed by atoms with E-state index >= 15 is 0 Å². The van der Waals surface area contributed by atoms with Crippen molar-refractivity contribution in [2.45, 2.75) is 0 Å². The summed E-state index contributed by atoms with van der Waals surface area (Å²) in [4.78, 5) is 30.5. The molecule has 2 fully saturated rings. The second-order valence-electron chi connectivity index (χ2n) is 5.80. The predicted molar refractivity (Wildman–Crippen MR) is 78.9 cm³/mol. The molecule has 0 aromatic carbocycles. The molecule has 21 heavy (non-hydrogen) atoms. The minimum absolute atomic E-state index is 0.00734. The smallest absolute Gasteiger partial charge is 0.236 e. The van der Waals surface area contributed by atoms with Crippen molar-refractivity contribution in [2.24, 2.45) is 5.92 Å². The molecule has 0 saturated carbocycles. The molecule has 0 bridgehead atoms. The van der Waals surface area contributed by atoms with Gasteiger partial charge in [0.2, 0.25) is 11.8 Å². The fourth-order valence-corrected chi connectivity index (χ4v) is 2.82. The van der Waals surface area contributed by atoms with E-state index in [-0.39, 0.29) is 17.7 Å². The minimum atomic E-state index is -0.156. The van der Waals surface area contributed by atoms with Crippen LogP contribution in [-0.2, 0) is 14.3 Å². The zero-order chi connectivity index (χ0) is 15.2. The molecule has 2 amide bonds. The Labute approximate surface area is 126 Å². The van der Waals surface area contributed by atoms with E-state index in [2.05, 4.69) is 15.1 Å². The van der Waals surface area contributed by atoms with Crippen molar-refractivity contribution in [3.63, 3.8) is 0 Å². The lowest BCUT2D eigenvalue weighted by atomic mass is 10.1. The molecule has 1 N–H and O–H groups in total. The Hall–Kier alpha value is -1.18. The van der Waals surface area contributed by atoms with Crippen molar-refractivity contribution in [3.05, 3.63) is 0 Å². The van der Waals surface area contributed by atoms with Crippen molar-refractivity contribution in [3.8, 4) is 0 Å². The molecule has 2 aliphatic rings. The number of carbonyl (C=O) groups is 2. The maximum atomic E-state index is 12.5. The molecule has 7 heteroatoms. The summed E-state index contributed by atoms with van der Waals surface area (Å²) in [5.74, 6) is -0.0369. The molecule has 2 aliphatic heterocycles. The van der Waals surface area contributed by atoms with E-state index in [0.717, 1.165) is 19.6 Å². The van der Waals surface area contributed by atoms with Crippen molar-refractivity contribution >= 4 is 11.8 Å². The number of hydrogen-bond acceptors (Lipinski definition) is 5. The lowest BCUT2D eigenvalue weighted by Gasteiger charge is -2.29. The predicted octanol–water partition coefficient (Wildman–Crippen LogP) is -1.55. The van der Waals surface area contributed by atoms with Crippen LogP contribution in [0.1, 0.15) is 0 Å². The molecular weight excluding hydrogens is 272 g/mol. The first-order chi connectivity index (χ1) is 10.1. The van der Waals surface area contributed by atoms with Crippen molar-refractivity contribution in [1.29, 1.82) is 0 Å². The zero-order valence-electron chi connectivity index (χ0n) is 13.0. The van der Waals surface area contributed by atoms with Gasteiger partial charge < -0.3 is 19.9 Å². The van der Waals surface area contributed by atoms with Crippen LogP contribution in [0, 0.1) is 5.92 Å². The van der Waals surface area contributed by atoms with Gasteiger partial charge >= 0.3 is 0 Å². The number of ether oxygens (including phenoxy) is 1. The maximum Gasteiger partial charge on any atom is 0.236 e. The Bertz CT molecular complexity index is 371. The van der Waals surface area contributed by atoms with Crippen molar-refractivity contribution < 1.29 is 14.3 Å². The second-order valence-corrected chi connectivity index (χ2v) is 5.80. The number of carbonyl (C=O) groups excluding carboxylic acids is 2. The summed E-state index contributed by atoms with van der Waals surface area (Å²) < 4.78 is 5.30. The number of hydrogen-bond donors (Lipinski definition) is 1. The normalized spacial score (nSPS) is 25.4. The summed E-state index contributed by atoms with van der Waals surface area (Å²) in [7, 11) is 3.64. The average molecular weight is 298 g/mol. The maximum absolute atomic E-state index is 12.5. The number of nitrogens with one attached hydrogen (secondary N) is 1. The molecule has 0 unspecified atom stereocenters. The van der Waals surface area contributed by atoms with E-state index in [0.29, 0.717) is 39.4 Å². The van der Waals surface area contributed by atoms with Gasteiger partial charge in [-0.15, -0.1) is 0 Å². The van der Waals surface area contributed by atoms with Crippen molar-refractivity contribution in [1.82, 2.24) is 20.0 Å². The Kier molecular flexibility index (Phi) is 5.96. The van der Waals surface area contributed by atoms with E-state index in [9.17, 15) is 9.59 Å². The quantitative estimate of drug-likeness (QED) is 0.684. The third-order valence-corrected chi connectivity index (χ3v) is 4.16. The van der Waals surface area contributed by atoms with Crippen LogP contribution in [0.3, 0.4) is 0 Å². The molecule has 120 valence electrons. The molecule has 2 saturated heterocycles. The molecule has 0 spiro atoms. The van der Waals surface area contributed by atoms with Crippen LogP contribution in [0.15, 0.2) is 0 Å². The summed E-state index contributed by atoms with van der Waals surface area (Å²) >= 11 is 0. The minimum Gasteiger partial charge on any atom is -0.379 e. The third kappa shape index (κ3) is 4.66. The molecule has 7 nitrogen and oxygen atoms in total. The van der Waals surface area contributed by atoms with E-state index < -0.39 is 0 Å². The van der Waals surface area contributed by atoms with Crippen LogP contribution in [0.2, 0.25) is 0 Å². The fraction of sp³-hybridized carbons (Fsp3) is 0.857. The van der Waals surface area contributed by atoms with Gasteiger partial charge in [-0.3, -0.25) is 14.5 Å². The number of nitrogens with zero attached hydrogens (tertiary/aromatic N) is 3. The van der Waals surface area contributed by atoms with Crippen molar-refractivity contribution in [2.75, 3.05) is 73.1 Å². The van der Waals surface area contributed by atoms with Gasteiger partial charge in [0.1, 0.15) is 0 Å². The van der Waals surface area contributed by atoms with Gasteiger partial charge in [0.15, 0.2) is 0 Å². The Morgan fingerprint density at radius 2 is 1.86 bits per heavy atom. The summed E-state index contributed by atoms with van der Waals surface area (Å²) in [6.45, 7) is 6.11. The van der Waals surface area contributed by atoms with Crippen LogP contribution in [-0.4, -0.2) is 99.6 Å². The first-order valence-electron chi connectivity index (χ1n) is 7.58. The highest BCUT2D eigenvalue weighted by atomic mass is 16.5. The van der Waals surface area contributed by atoms with Crippen LogP contribution in [0.5, 0.6) is 0 Å². The van der Waals surface area contributed by atoms with E-state index in [1.54, 1.807) is 7.05 Å². The first-order valence-corrected chi connectivity index (χ1v) is 7.58. The molecular formula is C14H26N4O3. The summed E-state index contributed by atoms with van der Waals surface area (Å²) in [6.07, 6.45) is 0. The Balaban J connectivity index is 1.93. The summed E-state index contributed by atoms with van der Waals surface area (Å²) in [5, 5.41) is 2.69. The summed E-state index contributed by atoms with van der Waals surface area (Å²) in [6, 6.07) is 0. The third-order valence-electron chi connectivity index (χ3n) is 4.16. The molecule has 1 atom stereocenters. The van der Waals surface area contributed by atoms with Gasteiger partial charge in [-0.2, -0.15) is 0 Å². The molecule has 0 radical (unpaired) electrons. The molecule has 2 rings (SSSR count). The van der Waals surface area contributed by atoms with E-state index in [1.165, 1.54) is 0 Å². The SMILES string of the molecule is CNC(=O)[C@H]1CN(C)CCN(C(=O)CN2CCOCC2)C1. The van der Waals surface area contributed by atoms with E-state index in [4.69, 9.17) is 4.74 Å². The zero-order valence-corrected chi connectivity index (χ0v) is 13.0. The second kappa shape index (κ2) is 7.72. The van der Waals surface area contributed by atoms with Gasteiger partial charge in [0.25, 0.3) is 0 Å². The topological polar surface area (TPSA) is 65.1 Å². The molecule has 2 heterocycles. The average Bonchev–Trinajstić information content (AvgIpc) is 2.69. The molecule has 0 aliphatic carbocycles. The standard InChI is InChI=1S/C14H26N4O3/c1-15-14(20)12-9-16(2)3-4-18(10-12)13(19)11-17-5-7-21-8-6-17/h12H,3-11H2,1-2H3,(H,15,20)/t12-/m0/s1. The van der Waals surface area contributed by atoms with Gasteiger partial charge in [0, 0.05) is 46.3 Å². The fourth-order valence-electron chi connectivity index (χ4n) is 2.82. The first kappa shape index (κ1) is 16.2. The highest BCUT2D eigenvalue weighted by Crippen LogP contribution is 2.10. The van der Waals surface area contributed by atoms with Gasteiger partial charge in [-0.1, -0.05) is 0 Å². The lowest BCUT2D eigenvalue weighted by molar-refractivity contribution is -0.134. The van der Waals surface area contributed by atoms with Gasteiger partial charge in [0.05, 0.1) is 25.7 Å². The number of rotatable bonds is 3. The number of morpholine rings is 1. The monoisotopic (exact) mass is 298 g/mol. The van der Waals surface area contributed by atoms with Crippen LogP contribution in [0.25, 0.3) is 0 Å². The highest BCUT2D eigenvalue weighted by molar-refractivity contribution is 5.81. The lowest BCUT2D eigenvalue weighted by Crippen LogP contribution is -2.47. The Morgan fingerprint density at radius 3 is 2.52 bits per heavy atom. The highest BCUT2D eigenvalue weighted by Gasteiger charge is 2.29. The van der Waals surface area contributed by atoms with Gasteiger partial charge in [-0.05, 0) is 7.05 Å². The van der Waals surface area contributed by atoms with Crippen LogP contribution < -0.4 is 5.32 Å². The largest absolute Gasteiger partial charge is 0.379 e. The van der Waals surface area contributed by atoms with Crippen LogP contribution in [0.4, 0.5) is 0 Å². The Morgan fingerprint density at radius 1 is 1.14 bits per heavy atom. The molecule has 0 aromatic heterocycles. The summed E-state index contributed by atoms with van der Waals surface area (Å²) in [5.41, 5.74) is 0. The molecule has 0 aromatic rings. The van der Waals surface area contributed by atoms with Gasteiger partial charge in [-0.25, -0.2) is 0 Å².